The normalized spacial score (nSPS) is 15.4. The molecule has 1 N–H and O–H groups in total. The van der Waals surface area contributed by atoms with Crippen molar-refractivity contribution in [3.05, 3.63) is 71.2 Å². The second kappa shape index (κ2) is 12.5. The summed E-state index contributed by atoms with van der Waals surface area (Å²) in [4.78, 5) is 31.4. The van der Waals surface area contributed by atoms with Crippen LogP contribution in [-0.4, -0.2) is 78.9 Å². The van der Waals surface area contributed by atoms with Gasteiger partial charge in [-0.1, -0.05) is 6.07 Å². The molecule has 0 aliphatic carbocycles. The number of carbonyl (C=O) groups is 1. The van der Waals surface area contributed by atoms with Gasteiger partial charge in [0.1, 0.15) is 18.8 Å². The smallest absolute Gasteiger partial charge is 0.256 e. The monoisotopic (exact) mass is 584 g/mol. The van der Waals surface area contributed by atoms with Gasteiger partial charge in [-0.15, -0.1) is 0 Å². The number of benzene rings is 2. The van der Waals surface area contributed by atoms with E-state index in [0.29, 0.717) is 43.4 Å². The van der Waals surface area contributed by atoms with Crippen LogP contribution in [0.5, 0.6) is 11.6 Å². The minimum Gasteiger partial charge on any atom is -0.491 e. The van der Waals surface area contributed by atoms with Crippen molar-refractivity contribution >= 4 is 22.6 Å². The van der Waals surface area contributed by atoms with Gasteiger partial charge in [-0.3, -0.25) is 4.79 Å². The number of halogens is 1. The van der Waals surface area contributed by atoms with Crippen LogP contribution in [0.15, 0.2) is 48.9 Å². The van der Waals surface area contributed by atoms with Gasteiger partial charge in [-0.05, 0) is 78.8 Å². The van der Waals surface area contributed by atoms with Gasteiger partial charge >= 0.3 is 0 Å². The molecule has 2 aliphatic rings. The van der Waals surface area contributed by atoms with E-state index in [2.05, 4.69) is 45.3 Å². The van der Waals surface area contributed by atoms with E-state index in [1.165, 1.54) is 5.56 Å². The first-order valence-electron chi connectivity index (χ1n) is 14.8. The Morgan fingerprint density at radius 2 is 1.84 bits per heavy atom. The maximum Gasteiger partial charge on any atom is 0.256 e. The summed E-state index contributed by atoms with van der Waals surface area (Å²) in [7, 11) is 3.17. The quantitative estimate of drug-likeness (QED) is 0.318. The molecule has 2 aromatic heterocycles. The molecule has 1 amide bonds. The molecule has 224 valence electrons. The van der Waals surface area contributed by atoms with Crippen LogP contribution in [0.1, 0.15) is 39.9 Å². The van der Waals surface area contributed by atoms with Crippen molar-refractivity contribution in [3.8, 4) is 22.8 Å². The number of fused-ring (bicyclic) bond motifs is 2. The molecule has 0 saturated carbocycles. The van der Waals surface area contributed by atoms with Crippen molar-refractivity contribution in [1.82, 2.24) is 25.2 Å². The first-order valence-corrected chi connectivity index (χ1v) is 14.8. The molecule has 4 aromatic rings. The van der Waals surface area contributed by atoms with Crippen LogP contribution >= 0.6 is 0 Å². The van der Waals surface area contributed by atoms with Gasteiger partial charge in [0.25, 0.3) is 11.8 Å². The molecule has 4 heterocycles. The molecule has 10 heteroatoms. The largest absolute Gasteiger partial charge is 0.491 e. The number of pyridine rings is 1. The number of ether oxygens (including phenoxy) is 2. The Morgan fingerprint density at radius 1 is 1.00 bits per heavy atom. The zero-order chi connectivity index (χ0) is 29.9. The topological polar surface area (TPSA) is 92.7 Å². The minimum atomic E-state index is -0.369. The lowest BCUT2D eigenvalue weighted by atomic mass is 9.95. The van der Waals surface area contributed by atoms with Crippen LogP contribution in [0.25, 0.3) is 22.0 Å². The molecule has 43 heavy (non-hydrogen) atoms. The van der Waals surface area contributed by atoms with Gasteiger partial charge in [-0.25, -0.2) is 19.3 Å². The lowest BCUT2D eigenvalue weighted by Gasteiger charge is -2.33. The Balaban J connectivity index is 1.26. The highest BCUT2D eigenvalue weighted by atomic mass is 19.1. The van der Waals surface area contributed by atoms with E-state index < -0.39 is 0 Å². The van der Waals surface area contributed by atoms with Gasteiger partial charge < -0.3 is 24.6 Å². The van der Waals surface area contributed by atoms with Crippen LogP contribution in [-0.2, 0) is 13.0 Å². The number of alkyl halides is 1. The number of carbonyl (C=O) groups excluding carboxylic acids is 1. The van der Waals surface area contributed by atoms with Crippen molar-refractivity contribution in [2.45, 2.75) is 38.8 Å². The molecule has 2 aromatic carbocycles. The summed E-state index contributed by atoms with van der Waals surface area (Å²) in [6.45, 7) is 4.88. The summed E-state index contributed by atoms with van der Waals surface area (Å²) in [6.07, 6.45) is 5.95. The molecular formula is C33H37FN6O3. The van der Waals surface area contributed by atoms with Crippen molar-refractivity contribution < 1.29 is 18.7 Å². The van der Waals surface area contributed by atoms with Crippen LogP contribution < -0.4 is 19.7 Å². The minimum absolute atomic E-state index is 0.0557. The summed E-state index contributed by atoms with van der Waals surface area (Å²) in [5.74, 6) is 1.93. The average molecular weight is 585 g/mol. The predicted molar refractivity (Wildman–Crippen MR) is 165 cm³/mol. The van der Waals surface area contributed by atoms with Crippen LogP contribution in [0, 0.1) is 6.92 Å². The molecule has 1 fully saturated rings. The molecule has 1 saturated heterocycles. The van der Waals surface area contributed by atoms with Crippen molar-refractivity contribution in [1.29, 1.82) is 0 Å². The number of nitrogens with zero attached hydrogens (tertiary/aromatic N) is 5. The zero-order valence-electron chi connectivity index (χ0n) is 24.9. The fourth-order valence-electron chi connectivity index (χ4n) is 6.24. The SMILES string of the molecule is COc1cc(-c2cc(C)c3ncnc(N4CCc5ccc(C(=O)N6CCC(NCCF)CC6)cc5C4)c3c2)cnc1OC. The van der Waals surface area contributed by atoms with Gasteiger partial charge in [0.05, 0.1) is 19.7 Å². The number of nitrogens with one attached hydrogen (secondary N) is 1. The average Bonchev–Trinajstić information content (AvgIpc) is 3.06. The molecule has 6 rings (SSSR count). The summed E-state index contributed by atoms with van der Waals surface area (Å²) < 4.78 is 23.3. The van der Waals surface area contributed by atoms with Crippen LogP contribution in [0.2, 0.25) is 0 Å². The van der Waals surface area contributed by atoms with Crippen LogP contribution in [0.4, 0.5) is 10.2 Å². The van der Waals surface area contributed by atoms with Crippen molar-refractivity contribution in [3.63, 3.8) is 0 Å². The van der Waals surface area contributed by atoms with E-state index in [4.69, 9.17) is 14.5 Å². The number of anilines is 1. The molecule has 0 radical (unpaired) electrons. The third kappa shape index (κ3) is 5.84. The number of methoxy groups -OCH3 is 2. The summed E-state index contributed by atoms with van der Waals surface area (Å²) >= 11 is 0. The number of hydrogen-bond acceptors (Lipinski definition) is 8. The van der Waals surface area contributed by atoms with Gasteiger partial charge in [0.2, 0.25) is 0 Å². The van der Waals surface area contributed by atoms with E-state index >= 15 is 0 Å². The molecule has 0 unspecified atom stereocenters. The highest BCUT2D eigenvalue weighted by Gasteiger charge is 2.26. The lowest BCUT2D eigenvalue weighted by Crippen LogP contribution is -2.45. The number of aromatic nitrogens is 3. The zero-order valence-corrected chi connectivity index (χ0v) is 24.9. The van der Waals surface area contributed by atoms with E-state index in [1.54, 1.807) is 26.7 Å². The standard InChI is InChI=1S/C33H37FN6O3/c1-21-14-24(25-17-29(42-2)32(43-3)36-18-25)16-28-30(21)37-20-38-31(28)40-11-6-22-4-5-23(15-26(22)19-40)33(41)39-12-7-27(8-13-39)35-10-9-34/h4-5,14-18,20,27,35H,6-13,19H2,1-3H3. The number of hydrogen-bond donors (Lipinski definition) is 1. The number of piperidine rings is 1. The van der Waals surface area contributed by atoms with Crippen molar-refractivity contribution in [2.75, 3.05) is 52.0 Å². The Morgan fingerprint density at radius 3 is 2.60 bits per heavy atom. The number of likely N-dealkylation sites (tertiary alicyclic amines) is 1. The number of aryl methyl sites for hydroxylation is 1. The van der Waals surface area contributed by atoms with E-state index in [1.807, 2.05) is 23.1 Å². The van der Waals surface area contributed by atoms with E-state index in [0.717, 1.165) is 64.8 Å². The lowest BCUT2D eigenvalue weighted by molar-refractivity contribution is 0.0704. The third-order valence-electron chi connectivity index (χ3n) is 8.55. The first-order chi connectivity index (χ1) is 21.0. The molecule has 0 bridgehead atoms. The third-order valence-corrected chi connectivity index (χ3v) is 8.55. The first kappa shape index (κ1) is 28.8. The number of amides is 1. The second-order valence-electron chi connectivity index (χ2n) is 11.2. The molecule has 0 spiro atoms. The summed E-state index contributed by atoms with van der Waals surface area (Å²) in [5.41, 5.74) is 6.95. The van der Waals surface area contributed by atoms with Gasteiger partial charge in [-0.2, -0.15) is 0 Å². The molecule has 2 aliphatic heterocycles. The molecular weight excluding hydrogens is 547 g/mol. The Bertz CT molecular complexity index is 1640. The fourth-order valence-corrected chi connectivity index (χ4v) is 6.24. The molecule has 0 atom stereocenters. The van der Waals surface area contributed by atoms with E-state index in [9.17, 15) is 9.18 Å². The maximum absolute atomic E-state index is 13.4. The highest BCUT2D eigenvalue weighted by Crippen LogP contribution is 2.36. The van der Waals surface area contributed by atoms with E-state index in [-0.39, 0.29) is 18.6 Å². The summed E-state index contributed by atoms with van der Waals surface area (Å²) in [5, 5.41) is 4.19. The highest BCUT2D eigenvalue weighted by molar-refractivity contribution is 5.96. The number of rotatable bonds is 8. The second-order valence-corrected chi connectivity index (χ2v) is 11.2. The van der Waals surface area contributed by atoms with Gasteiger partial charge in [0, 0.05) is 61.5 Å². The maximum atomic E-state index is 13.4. The van der Waals surface area contributed by atoms with Crippen LogP contribution in [0.3, 0.4) is 0 Å². The predicted octanol–water partition coefficient (Wildman–Crippen LogP) is 4.74. The summed E-state index contributed by atoms with van der Waals surface area (Å²) in [6, 6.07) is 12.5. The molecule has 9 nitrogen and oxygen atoms in total. The Kier molecular flexibility index (Phi) is 8.38. The van der Waals surface area contributed by atoms with Crippen molar-refractivity contribution in [2.24, 2.45) is 0 Å². The Labute approximate surface area is 251 Å². The Hall–Kier alpha value is -4.31. The fraction of sp³-hybridized carbons (Fsp3) is 0.394. The van der Waals surface area contributed by atoms with Gasteiger partial charge in [0.15, 0.2) is 5.75 Å².